The SMILES string of the molecule is CCCNC1CCC(Cc2ccc3ccccc3n2)C1C. The van der Waals surface area contributed by atoms with Crippen molar-refractivity contribution in [1.82, 2.24) is 10.3 Å². The van der Waals surface area contributed by atoms with Gasteiger partial charge in [0.1, 0.15) is 0 Å². The maximum atomic E-state index is 4.84. The molecule has 0 spiro atoms. The molecular weight excluding hydrogens is 256 g/mol. The third kappa shape index (κ3) is 3.26. The number of hydrogen-bond acceptors (Lipinski definition) is 2. The first-order valence-electron chi connectivity index (χ1n) is 8.36. The molecule has 21 heavy (non-hydrogen) atoms. The van der Waals surface area contributed by atoms with Crippen LogP contribution in [-0.4, -0.2) is 17.6 Å². The molecule has 0 aliphatic heterocycles. The van der Waals surface area contributed by atoms with Crippen LogP contribution in [0.1, 0.15) is 38.8 Å². The number of pyridine rings is 1. The van der Waals surface area contributed by atoms with Crippen molar-refractivity contribution in [2.45, 2.75) is 45.6 Å². The Morgan fingerprint density at radius 1 is 1.14 bits per heavy atom. The molecule has 0 saturated heterocycles. The van der Waals surface area contributed by atoms with Gasteiger partial charge in [-0.1, -0.05) is 38.1 Å². The number of nitrogens with zero attached hydrogens (tertiary/aromatic N) is 1. The molecule has 1 aliphatic carbocycles. The summed E-state index contributed by atoms with van der Waals surface area (Å²) in [5, 5.41) is 4.95. The summed E-state index contributed by atoms with van der Waals surface area (Å²) in [6.45, 7) is 5.80. The van der Waals surface area contributed by atoms with Crippen LogP contribution in [0.4, 0.5) is 0 Å². The van der Waals surface area contributed by atoms with Gasteiger partial charge in [0, 0.05) is 17.1 Å². The Morgan fingerprint density at radius 3 is 2.86 bits per heavy atom. The lowest BCUT2D eigenvalue weighted by atomic mass is 9.91. The minimum absolute atomic E-state index is 0.704. The van der Waals surface area contributed by atoms with E-state index in [0.29, 0.717) is 6.04 Å². The Bertz CT molecular complexity index is 593. The fraction of sp³-hybridized carbons (Fsp3) is 0.526. The third-order valence-electron chi connectivity index (χ3n) is 5.01. The van der Waals surface area contributed by atoms with Gasteiger partial charge in [-0.25, -0.2) is 0 Å². The molecule has 112 valence electrons. The van der Waals surface area contributed by atoms with Crippen molar-refractivity contribution in [3.8, 4) is 0 Å². The number of para-hydroxylation sites is 1. The Labute approximate surface area is 128 Å². The molecule has 0 bridgehead atoms. The van der Waals surface area contributed by atoms with Crippen LogP contribution in [0.15, 0.2) is 36.4 Å². The second-order valence-corrected chi connectivity index (χ2v) is 6.46. The van der Waals surface area contributed by atoms with Crippen LogP contribution in [0, 0.1) is 11.8 Å². The van der Waals surface area contributed by atoms with E-state index in [0.717, 1.165) is 30.3 Å². The summed E-state index contributed by atoms with van der Waals surface area (Å²) in [5.74, 6) is 1.53. The number of fused-ring (bicyclic) bond motifs is 1. The Hall–Kier alpha value is -1.41. The summed E-state index contributed by atoms with van der Waals surface area (Å²) < 4.78 is 0. The summed E-state index contributed by atoms with van der Waals surface area (Å²) in [6, 6.07) is 13.5. The first kappa shape index (κ1) is 14.5. The van der Waals surface area contributed by atoms with Crippen LogP contribution in [0.25, 0.3) is 10.9 Å². The fourth-order valence-corrected chi connectivity index (χ4v) is 3.64. The molecule has 3 atom stereocenters. The van der Waals surface area contributed by atoms with E-state index in [1.165, 1.54) is 30.3 Å². The molecular formula is C19H26N2. The van der Waals surface area contributed by atoms with Crippen molar-refractivity contribution in [3.05, 3.63) is 42.1 Å². The van der Waals surface area contributed by atoms with Gasteiger partial charge in [0.25, 0.3) is 0 Å². The van der Waals surface area contributed by atoms with Gasteiger partial charge >= 0.3 is 0 Å². The maximum Gasteiger partial charge on any atom is 0.0705 e. The zero-order valence-electron chi connectivity index (χ0n) is 13.2. The average molecular weight is 282 g/mol. The molecule has 1 saturated carbocycles. The average Bonchev–Trinajstić information content (AvgIpc) is 2.86. The Balaban J connectivity index is 1.68. The van der Waals surface area contributed by atoms with Crippen LogP contribution >= 0.6 is 0 Å². The molecule has 1 fully saturated rings. The van der Waals surface area contributed by atoms with Crippen molar-refractivity contribution in [1.29, 1.82) is 0 Å². The standard InChI is InChI=1S/C19H26N2/c1-3-12-20-18-11-9-16(14(18)2)13-17-10-8-15-6-4-5-7-19(15)21-17/h4-8,10,14,16,18,20H,3,9,11-13H2,1-2H3. The monoisotopic (exact) mass is 282 g/mol. The molecule has 1 aliphatic rings. The highest BCUT2D eigenvalue weighted by Gasteiger charge is 2.32. The highest BCUT2D eigenvalue weighted by molar-refractivity contribution is 5.78. The van der Waals surface area contributed by atoms with E-state index in [1.807, 2.05) is 0 Å². The maximum absolute atomic E-state index is 4.84. The lowest BCUT2D eigenvalue weighted by molar-refractivity contribution is 0.350. The number of hydrogen-bond donors (Lipinski definition) is 1. The zero-order valence-corrected chi connectivity index (χ0v) is 13.2. The second-order valence-electron chi connectivity index (χ2n) is 6.46. The van der Waals surface area contributed by atoms with Crippen LogP contribution < -0.4 is 5.32 Å². The second kappa shape index (κ2) is 6.57. The molecule has 1 N–H and O–H groups in total. The van der Waals surface area contributed by atoms with Crippen molar-refractivity contribution in [2.75, 3.05) is 6.54 Å². The predicted molar refractivity (Wildman–Crippen MR) is 89.4 cm³/mol. The molecule has 0 radical (unpaired) electrons. The zero-order chi connectivity index (χ0) is 14.7. The van der Waals surface area contributed by atoms with E-state index in [4.69, 9.17) is 4.98 Å². The van der Waals surface area contributed by atoms with E-state index < -0.39 is 0 Å². The van der Waals surface area contributed by atoms with Gasteiger partial charge in [0.05, 0.1) is 5.52 Å². The van der Waals surface area contributed by atoms with Crippen molar-refractivity contribution >= 4 is 10.9 Å². The Kier molecular flexibility index (Phi) is 4.54. The van der Waals surface area contributed by atoms with Gasteiger partial charge in [-0.3, -0.25) is 4.98 Å². The van der Waals surface area contributed by atoms with Crippen molar-refractivity contribution in [2.24, 2.45) is 11.8 Å². The van der Waals surface area contributed by atoms with E-state index in [1.54, 1.807) is 0 Å². The fourth-order valence-electron chi connectivity index (χ4n) is 3.64. The lowest BCUT2D eigenvalue weighted by Crippen LogP contribution is -2.33. The number of nitrogens with one attached hydrogen (secondary N) is 1. The van der Waals surface area contributed by atoms with Crippen LogP contribution in [0.2, 0.25) is 0 Å². The summed E-state index contributed by atoms with van der Waals surface area (Å²) in [5.41, 5.74) is 2.38. The third-order valence-corrected chi connectivity index (χ3v) is 5.01. The first-order chi connectivity index (χ1) is 10.3. The van der Waals surface area contributed by atoms with Crippen molar-refractivity contribution in [3.63, 3.8) is 0 Å². The van der Waals surface area contributed by atoms with E-state index in [-0.39, 0.29) is 0 Å². The summed E-state index contributed by atoms with van der Waals surface area (Å²) in [7, 11) is 0. The molecule has 3 rings (SSSR count). The molecule has 0 amide bonds. The van der Waals surface area contributed by atoms with Gasteiger partial charge in [0.15, 0.2) is 0 Å². The van der Waals surface area contributed by atoms with Gasteiger partial charge in [-0.2, -0.15) is 0 Å². The van der Waals surface area contributed by atoms with Gasteiger partial charge in [-0.15, -0.1) is 0 Å². The van der Waals surface area contributed by atoms with Crippen molar-refractivity contribution < 1.29 is 0 Å². The van der Waals surface area contributed by atoms with Crippen LogP contribution in [0.5, 0.6) is 0 Å². The highest BCUT2D eigenvalue weighted by atomic mass is 14.9. The molecule has 2 heteroatoms. The smallest absolute Gasteiger partial charge is 0.0705 e. The van der Waals surface area contributed by atoms with E-state index in [9.17, 15) is 0 Å². The molecule has 2 nitrogen and oxygen atoms in total. The minimum atomic E-state index is 0.704. The van der Waals surface area contributed by atoms with Crippen LogP contribution in [0.3, 0.4) is 0 Å². The number of aromatic nitrogens is 1. The lowest BCUT2D eigenvalue weighted by Gasteiger charge is -2.21. The topological polar surface area (TPSA) is 24.9 Å². The summed E-state index contributed by atoms with van der Waals surface area (Å²) >= 11 is 0. The molecule has 1 heterocycles. The predicted octanol–water partition coefficient (Wildman–Crippen LogP) is 4.19. The summed E-state index contributed by atoms with van der Waals surface area (Å²) in [4.78, 5) is 4.84. The summed E-state index contributed by atoms with van der Waals surface area (Å²) in [6.07, 6.45) is 4.99. The number of benzene rings is 1. The molecule has 3 unspecified atom stereocenters. The van der Waals surface area contributed by atoms with Gasteiger partial charge in [-0.05, 0) is 56.2 Å². The largest absolute Gasteiger partial charge is 0.314 e. The normalized spacial score (nSPS) is 25.5. The minimum Gasteiger partial charge on any atom is -0.314 e. The molecule has 2 aromatic rings. The first-order valence-corrected chi connectivity index (χ1v) is 8.36. The van der Waals surface area contributed by atoms with Gasteiger partial charge < -0.3 is 5.32 Å². The van der Waals surface area contributed by atoms with Crippen LogP contribution in [-0.2, 0) is 6.42 Å². The highest BCUT2D eigenvalue weighted by Crippen LogP contribution is 2.34. The van der Waals surface area contributed by atoms with Gasteiger partial charge in [0.2, 0.25) is 0 Å². The molecule has 1 aromatic heterocycles. The Morgan fingerprint density at radius 2 is 2.00 bits per heavy atom. The van der Waals surface area contributed by atoms with E-state index in [2.05, 4.69) is 55.6 Å². The molecule has 1 aromatic carbocycles. The quantitative estimate of drug-likeness (QED) is 0.889. The number of rotatable bonds is 5. The van der Waals surface area contributed by atoms with E-state index >= 15 is 0 Å².